The third kappa shape index (κ3) is 5.30. The molecule has 1 heterocycles. The number of amides is 1. The van der Waals surface area contributed by atoms with Gasteiger partial charge in [-0.3, -0.25) is 4.79 Å². The Labute approximate surface area is 172 Å². The van der Waals surface area contributed by atoms with Gasteiger partial charge >= 0.3 is 0 Å². The number of hydrogen-bond acceptors (Lipinski definition) is 4. The van der Waals surface area contributed by atoms with E-state index in [9.17, 15) is 17.6 Å². The third-order valence-electron chi connectivity index (χ3n) is 4.56. The molecule has 0 atom stereocenters. The summed E-state index contributed by atoms with van der Waals surface area (Å²) in [5.74, 6) is -0.754. The molecule has 28 heavy (non-hydrogen) atoms. The number of carbonyl (C=O) groups excluding carboxylic acids is 1. The van der Waals surface area contributed by atoms with Gasteiger partial charge in [0.15, 0.2) is 0 Å². The lowest BCUT2D eigenvalue weighted by Gasteiger charge is -2.35. The number of piperazine rings is 1. The molecular formula is C19H21BrFN3O3S. The zero-order chi connectivity index (χ0) is 20.1. The average Bonchev–Trinajstić information content (AvgIpc) is 2.68. The number of rotatable bonds is 6. The van der Waals surface area contributed by atoms with E-state index >= 15 is 0 Å². The summed E-state index contributed by atoms with van der Waals surface area (Å²) >= 11 is 3.30. The highest BCUT2D eigenvalue weighted by atomic mass is 79.9. The Morgan fingerprint density at radius 1 is 1.07 bits per heavy atom. The molecule has 0 bridgehead atoms. The van der Waals surface area contributed by atoms with Crippen molar-refractivity contribution < 1.29 is 17.6 Å². The molecule has 1 fully saturated rings. The SMILES string of the molecule is O=C(NCCS(=O)(=O)N1CCN(c2ccc(F)cc2)CC1)c1cccc(Br)c1. The molecule has 0 aliphatic carbocycles. The van der Waals surface area contributed by atoms with E-state index in [1.807, 2.05) is 11.0 Å². The Balaban J connectivity index is 1.49. The van der Waals surface area contributed by atoms with Crippen LogP contribution < -0.4 is 10.2 Å². The number of nitrogens with one attached hydrogen (secondary N) is 1. The summed E-state index contributed by atoms with van der Waals surface area (Å²) in [6, 6.07) is 13.1. The molecule has 9 heteroatoms. The van der Waals surface area contributed by atoms with E-state index in [2.05, 4.69) is 21.2 Å². The maximum absolute atomic E-state index is 13.0. The Bertz CT molecular complexity index is 930. The third-order valence-corrected chi connectivity index (χ3v) is 6.92. The van der Waals surface area contributed by atoms with Crippen LogP contribution >= 0.6 is 15.9 Å². The van der Waals surface area contributed by atoms with Crippen molar-refractivity contribution in [3.05, 3.63) is 64.4 Å². The summed E-state index contributed by atoms with van der Waals surface area (Å²) in [4.78, 5) is 14.1. The fourth-order valence-electron chi connectivity index (χ4n) is 3.03. The summed E-state index contributed by atoms with van der Waals surface area (Å²) in [7, 11) is -3.46. The molecule has 1 aliphatic rings. The predicted octanol–water partition coefficient (Wildman–Crippen LogP) is 2.47. The Kier molecular flexibility index (Phi) is 6.69. The van der Waals surface area contributed by atoms with Gasteiger partial charge in [0.05, 0.1) is 5.75 Å². The van der Waals surface area contributed by atoms with Crippen LogP contribution in [-0.2, 0) is 10.0 Å². The molecule has 1 saturated heterocycles. The summed E-state index contributed by atoms with van der Waals surface area (Å²) in [5.41, 5.74) is 1.35. The Morgan fingerprint density at radius 3 is 2.39 bits per heavy atom. The lowest BCUT2D eigenvalue weighted by molar-refractivity contribution is 0.0956. The lowest BCUT2D eigenvalue weighted by atomic mass is 10.2. The van der Waals surface area contributed by atoms with E-state index in [1.165, 1.54) is 16.4 Å². The number of sulfonamides is 1. The van der Waals surface area contributed by atoms with Crippen LogP contribution in [-0.4, -0.2) is 57.1 Å². The van der Waals surface area contributed by atoms with Crippen molar-refractivity contribution in [2.24, 2.45) is 0 Å². The van der Waals surface area contributed by atoms with Crippen LogP contribution in [0.15, 0.2) is 53.0 Å². The quantitative estimate of drug-likeness (QED) is 0.705. The molecule has 0 radical (unpaired) electrons. The highest BCUT2D eigenvalue weighted by Crippen LogP contribution is 2.18. The molecule has 150 valence electrons. The van der Waals surface area contributed by atoms with E-state index in [4.69, 9.17) is 0 Å². The first-order valence-electron chi connectivity index (χ1n) is 8.87. The van der Waals surface area contributed by atoms with Gasteiger partial charge in [0.2, 0.25) is 10.0 Å². The number of hydrogen-bond donors (Lipinski definition) is 1. The van der Waals surface area contributed by atoms with Crippen LogP contribution in [0.3, 0.4) is 0 Å². The number of carbonyl (C=O) groups is 1. The number of benzene rings is 2. The topological polar surface area (TPSA) is 69.7 Å². The summed E-state index contributed by atoms with van der Waals surface area (Å²) in [5, 5.41) is 2.65. The van der Waals surface area contributed by atoms with Crippen molar-refractivity contribution >= 4 is 37.5 Å². The zero-order valence-corrected chi connectivity index (χ0v) is 17.5. The van der Waals surface area contributed by atoms with Gasteiger partial charge in [-0.15, -0.1) is 0 Å². The molecule has 2 aromatic carbocycles. The van der Waals surface area contributed by atoms with Crippen molar-refractivity contribution in [3.63, 3.8) is 0 Å². The first-order valence-corrected chi connectivity index (χ1v) is 11.3. The fourth-order valence-corrected chi connectivity index (χ4v) is 4.77. The molecule has 6 nitrogen and oxygen atoms in total. The average molecular weight is 470 g/mol. The van der Waals surface area contributed by atoms with Crippen molar-refractivity contribution in [1.29, 1.82) is 0 Å². The first kappa shape index (κ1) is 20.8. The molecule has 2 aromatic rings. The molecule has 0 saturated carbocycles. The van der Waals surface area contributed by atoms with Crippen molar-refractivity contribution in [2.45, 2.75) is 0 Å². The van der Waals surface area contributed by atoms with E-state index in [-0.39, 0.29) is 24.0 Å². The number of halogens is 2. The van der Waals surface area contributed by atoms with Gasteiger partial charge in [-0.05, 0) is 42.5 Å². The molecule has 1 N–H and O–H groups in total. The van der Waals surface area contributed by atoms with Gasteiger partial charge in [-0.25, -0.2) is 12.8 Å². The molecule has 3 rings (SSSR count). The van der Waals surface area contributed by atoms with Crippen molar-refractivity contribution in [2.75, 3.05) is 43.4 Å². The second kappa shape index (κ2) is 9.02. The highest BCUT2D eigenvalue weighted by Gasteiger charge is 2.27. The molecule has 0 unspecified atom stereocenters. The fraction of sp³-hybridized carbons (Fsp3) is 0.316. The van der Waals surface area contributed by atoms with E-state index in [0.29, 0.717) is 31.7 Å². The smallest absolute Gasteiger partial charge is 0.251 e. The minimum Gasteiger partial charge on any atom is -0.369 e. The van der Waals surface area contributed by atoms with E-state index in [0.717, 1.165) is 10.2 Å². The first-order chi connectivity index (χ1) is 13.3. The number of nitrogens with zero attached hydrogens (tertiary/aromatic N) is 2. The van der Waals surface area contributed by atoms with Gasteiger partial charge in [0.1, 0.15) is 5.82 Å². The van der Waals surface area contributed by atoms with Crippen molar-refractivity contribution in [3.8, 4) is 0 Å². The van der Waals surface area contributed by atoms with Crippen molar-refractivity contribution in [1.82, 2.24) is 9.62 Å². The maximum Gasteiger partial charge on any atom is 0.251 e. The summed E-state index contributed by atoms with van der Waals surface area (Å²) < 4.78 is 40.4. The normalized spacial score (nSPS) is 15.4. The Hall–Kier alpha value is -1.97. The second-order valence-corrected chi connectivity index (χ2v) is 9.45. The van der Waals surface area contributed by atoms with Crippen LogP contribution in [0.1, 0.15) is 10.4 Å². The van der Waals surface area contributed by atoms with Gasteiger partial charge < -0.3 is 10.2 Å². The van der Waals surface area contributed by atoms with Gasteiger partial charge in [0, 0.05) is 48.4 Å². The minimum atomic E-state index is -3.46. The van der Waals surface area contributed by atoms with Gasteiger partial charge in [-0.1, -0.05) is 22.0 Å². The molecule has 1 amide bonds. The standard InChI is InChI=1S/C19H21BrFN3O3S/c20-16-3-1-2-15(14-16)19(25)22-8-13-28(26,27)24-11-9-23(10-12-24)18-6-4-17(21)5-7-18/h1-7,14H,8-13H2,(H,22,25). The minimum absolute atomic E-state index is 0.0475. The highest BCUT2D eigenvalue weighted by molar-refractivity contribution is 9.10. The molecule has 0 spiro atoms. The largest absolute Gasteiger partial charge is 0.369 e. The summed E-state index contributed by atoms with van der Waals surface area (Å²) in [6.07, 6.45) is 0. The maximum atomic E-state index is 13.0. The van der Waals surface area contributed by atoms with Gasteiger partial charge in [0.25, 0.3) is 5.91 Å². The van der Waals surface area contributed by atoms with E-state index < -0.39 is 10.0 Å². The number of anilines is 1. The zero-order valence-electron chi connectivity index (χ0n) is 15.1. The van der Waals surface area contributed by atoms with Crippen LogP contribution in [0.25, 0.3) is 0 Å². The van der Waals surface area contributed by atoms with E-state index in [1.54, 1.807) is 30.3 Å². The van der Waals surface area contributed by atoms with Crippen LogP contribution in [0, 0.1) is 5.82 Å². The second-order valence-electron chi connectivity index (χ2n) is 6.44. The van der Waals surface area contributed by atoms with Crippen LogP contribution in [0.4, 0.5) is 10.1 Å². The lowest BCUT2D eigenvalue weighted by Crippen LogP contribution is -2.50. The van der Waals surface area contributed by atoms with Crippen LogP contribution in [0.2, 0.25) is 0 Å². The molecule has 1 aliphatic heterocycles. The Morgan fingerprint density at radius 2 is 1.75 bits per heavy atom. The van der Waals surface area contributed by atoms with Crippen LogP contribution in [0.5, 0.6) is 0 Å². The summed E-state index contributed by atoms with van der Waals surface area (Å²) in [6.45, 7) is 1.84. The molecule has 0 aromatic heterocycles. The van der Waals surface area contributed by atoms with Gasteiger partial charge in [-0.2, -0.15) is 4.31 Å². The predicted molar refractivity (Wildman–Crippen MR) is 110 cm³/mol. The monoisotopic (exact) mass is 469 g/mol. The molecular weight excluding hydrogens is 449 g/mol.